The highest BCUT2D eigenvalue weighted by Crippen LogP contribution is 2.22. The van der Waals surface area contributed by atoms with Gasteiger partial charge in [0.05, 0.1) is 6.04 Å². The predicted octanol–water partition coefficient (Wildman–Crippen LogP) is 5.55. The summed E-state index contributed by atoms with van der Waals surface area (Å²) in [7, 11) is 0. The summed E-state index contributed by atoms with van der Waals surface area (Å²) in [6.07, 6.45) is 1.18. The standard InChI is InChI=1S/C27H31N3O2/c1-3-22-14-16-25(17-15-22)29-27(32)30(21(2)24-12-8-5-9-13-24)19-18-26(31)28-20-23-10-6-4-7-11-23/h4-17,21H,3,18-20H2,1-2H3,(H,28,31)(H,29,32). The van der Waals surface area contributed by atoms with Crippen LogP contribution in [-0.2, 0) is 17.8 Å². The van der Waals surface area contributed by atoms with Crippen LogP contribution in [0.4, 0.5) is 10.5 Å². The molecule has 0 heterocycles. The molecule has 2 N–H and O–H groups in total. The molecule has 0 bridgehead atoms. The van der Waals surface area contributed by atoms with Crippen molar-refractivity contribution in [1.82, 2.24) is 10.2 Å². The second-order valence-electron chi connectivity index (χ2n) is 7.77. The van der Waals surface area contributed by atoms with Crippen LogP contribution >= 0.6 is 0 Å². The molecule has 0 radical (unpaired) electrons. The molecule has 0 aliphatic heterocycles. The molecule has 0 spiro atoms. The molecule has 0 saturated heterocycles. The van der Waals surface area contributed by atoms with Gasteiger partial charge in [0.25, 0.3) is 0 Å². The van der Waals surface area contributed by atoms with E-state index in [1.807, 2.05) is 91.9 Å². The largest absolute Gasteiger partial charge is 0.352 e. The van der Waals surface area contributed by atoms with Gasteiger partial charge in [0.15, 0.2) is 0 Å². The van der Waals surface area contributed by atoms with Crippen molar-refractivity contribution in [3.63, 3.8) is 0 Å². The minimum absolute atomic E-state index is 0.0841. The number of rotatable bonds is 9. The first-order valence-corrected chi connectivity index (χ1v) is 11.1. The molecule has 32 heavy (non-hydrogen) atoms. The lowest BCUT2D eigenvalue weighted by atomic mass is 10.1. The van der Waals surface area contributed by atoms with E-state index >= 15 is 0 Å². The summed E-state index contributed by atoms with van der Waals surface area (Å²) < 4.78 is 0. The van der Waals surface area contributed by atoms with E-state index < -0.39 is 0 Å². The van der Waals surface area contributed by atoms with Gasteiger partial charge >= 0.3 is 6.03 Å². The van der Waals surface area contributed by atoms with Crippen LogP contribution in [0, 0.1) is 0 Å². The normalized spacial score (nSPS) is 11.4. The number of urea groups is 1. The smallest absolute Gasteiger partial charge is 0.322 e. The van der Waals surface area contributed by atoms with Gasteiger partial charge in [-0.3, -0.25) is 4.79 Å². The fraction of sp³-hybridized carbons (Fsp3) is 0.259. The molecule has 1 atom stereocenters. The van der Waals surface area contributed by atoms with Gasteiger partial charge in [-0.25, -0.2) is 4.79 Å². The molecule has 1 unspecified atom stereocenters. The Kier molecular flexibility index (Phi) is 8.44. The van der Waals surface area contributed by atoms with E-state index in [0.29, 0.717) is 13.1 Å². The van der Waals surface area contributed by atoms with Crippen LogP contribution in [0.15, 0.2) is 84.9 Å². The average molecular weight is 430 g/mol. The molecular weight excluding hydrogens is 398 g/mol. The molecule has 3 amide bonds. The van der Waals surface area contributed by atoms with Gasteiger partial charge in [-0.05, 0) is 42.2 Å². The number of hydrogen-bond donors (Lipinski definition) is 2. The molecule has 0 fully saturated rings. The van der Waals surface area contributed by atoms with Crippen molar-refractivity contribution in [3.8, 4) is 0 Å². The highest BCUT2D eigenvalue weighted by Gasteiger charge is 2.22. The van der Waals surface area contributed by atoms with Gasteiger partial charge in [0.1, 0.15) is 0 Å². The van der Waals surface area contributed by atoms with Crippen molar-refractivity contribution in [2.45, 2.75) is 39.3 Å². The molecular formula is C27H31N3O2. The molecule has 3 aromatic carbocycles. The van der Waals surface area contributed by atoms with Crippen molar-refractivity contribution in [2.24, 2.45) is 0 Å². The van der Waals surface area contributed by atoms with Crippen LogP contribution in [0.5, 0.6) is 0 Å². The Hall–Kier alpha value is -3.60. The van der Waals surface area contributed by atoms with Crippen LogP contribution in [-0.4, -0.2) is 23.4 Å². The first kappa shape index (κ1) is 23.1. The van der Waals surface area contributed by atoms with Crippen molar-refractivity contribution >= 4 is 17.6 Å². The van der Waals surface area contributed by atoms with E-state index in [9.17, 15) is 9.59 Å². The highest BCUT2D eigenvalue weighted by atomic mass is 16.2. The maximum atomic E-state index is 13.2. The zero-order chi connectivity index (χ0) is 22.8. The number of carbonyl (C=O) groups excluding carboxylic acids is 2. The van der Waals surface area contributed by atoms with Crippen molar-refractivity contribution in [1.29, 1.82) is 0 Å². The lowest BCUT2D eigenvalue weighted by Crippen LogP contribution is -2.39. The van der Waals surface area contributed by atoms with Crippen LogP contribution in [0.1, 0.15) is 43.0 Å². The third-order valence-corrected chi connectivity index (χ3v) is 5.54. The van der Waals surface area contributed by atoms with Gasteiger partial charge in [0.2, 0.25) is 5.91 Å². The number of nitrogens with zero attached hydrogens (tertiary/aromatic N) is 1. The third-order valence-electron chi connectivity index (χ3n) is 5.54. The van der Waals surface area contributed by atoms with Gasteiger partial charge < -0.3 is 15.5 Å². The summed E-state index contributed by atoms with van der Waals surface area (Å²) >= 11 is 0. The number of benzene rings is 3. The molecule has 0 aliphatic rings. The molecule has 5 heteroatoms. The molecule has 0 saturated carbocycles. The van der Waals surface area contributed by atoms with Crippen LogP contribution in [0.25, 0.3) is 0 Å². The summed E-state index contributed by atoms with van der Waals surface area (Å²) in [5.41, 5.74) is 4.02. The summed E-state index contributed by atoms with van der Waals surface area (Å²) in [4.78, 5) is 27.3. The maximum Gasteiger partial charge on any atom is 0.322 e. The zero-order valence-electron chi connectivity index (χ0n) is 18.8. The zero-order valence-corrected chi connectivity index (χ0v) is 18.8. The summed E-state index contributed by atoms with van der Waals surface area (Å²) in [6.45, 7) is 4.87. The minimum atomic E-state index is -0.221. The molecule has 5 nitrogen and oxygen atoms in total. The van der Waals surface area contributed by atoms with Gasteiger partial charge in [-0.1, -0.05) is 79.7 Å². The summed E-state index contributed by atoms with van der Waals surface area (Å²) in [6, 6.07) is 27.1. The average Bonchev–Trinajstić information content (AvgIpc) is 2.84. The Labute approximate surface area is 190 Å². The van der Waals surface area contributed by atoms with Gasteiger partial charge in [-0.2, -0.15) is 0 Å². The lowest BCUT2D eigenvalue weighted by Gasteiger charge is -2.29. The summed E-state index contributed by atoms with van der Waals surface area (Å²) in [5, 5.41) is 5.92. The van der Waals surface area contributed by atoms with E-state index in [1.165, 1.54) is 5.56 Å². The van der Waals surface area contributed by atoms with E-state index in [0.717, 1.165) is 23.2 Å². The number of hydrogen-bond acceptors (Lipinski definition) is 2. The molecule has 0 aromatic heterocycles. The lowest BCUT2D eigenvalue weighted by molar-refractivity contribution is -0.121. The predicted molar refractivity (Wildman–Crippen MR) is 129 cm³/mol. The Balaban J connectivity index is 1.65. The van der Waals surface area contributed by atoms with Crippen molar-refractivity contribution < 1.29 is 9.59 Å². The van der Waals surface area contributed by atoms with Crippen molar-refractivity contribution in [2.75, 3.05) is 11.9 Å². The van der Waals surface area contributed by atoms with Crippen LogP contribution in [0.3, 0.4) is 0 Å². The fourth-order valence-corrected chi connectivity index (χ4v) is 3.51. The van der Waals surface area contributed by atoms with Crippen LogP contribution in [0.2, 0.25) is 0 Å². The fourth-order valence-electron chi connectivity index (χ4n) is 3.51. The second-order valence-corrected chi connectivity index (χ2v) is 7.77. The molecule has 3 aromatic rings. The number of aryl methyl sites for hydroxylation is 1. The first-order valence-electron chi connectivity index (χ1n) is 11.1. The third kappa shape index (κ3) is 6.71. The molecule has 3 rings (SSSR count). The SMILES string of the molecule is CCc1ccc(NC(=O)N(CCC(=O)NCc2ccccc2)C(C)c2ccccc2)cc1. The van der Waals surface area contributed by atoms with Crippen molar-refractivity contribution in [3.05, 3.63) is 102 Å². The van der Waals surface area contributed by atoms with E-state index in [2.05, 4.69) is 17.6 Å². The maximum absolute atomic E-state index is 13.2. The molecule has 0 aliphatic carbocycles. The topological polar surface area (TPSA) is 61.4 Å². The second kappa shape index (κ2) is 11.7. The van der Waals surface area contributed by atoms with E-state index in [4.69, 9.17) is 0 Å². The monoisotopic (exact) mass is 429 g/mol. The number of amides is 3. The van der Waals surface area contributed by atoms with Gasteiger partial charge in [-0.15, -0.1) is 0 Å². The number of carbonyl (C=O) groups is 2. The van der Waals surface area contributed by atoms with E-state index in [-0.39, 0.29) is 24.4 Å². The van der Waals surface area contributed by atoms with Gasteiger partial charge in [0, 0.05) is 25.2 Å². The Morgan fingerprint density at radius 1 is 0.844 bits per heavy atom. The Bertz CT molecular complexity index is 988. The Morgan fingerprint density at radius 3 is 2.09 bits per heavy atom. The quantitative estimate of drug-likeness (QED) is 0.468. The minimum Gasteiger partial charge on any atom is -0.352 e. The van der Waals surface area contributed by atoms with Crippen LogP contribution < -0.4 is 10.6 Å². The first-order chi connectivity index (χ1) is 15.6. The molecule has 166 valence electrons. The summed E-state index contributed by atoms with van der Waals surface area (Å²) in [5.74, 6) is -0.0841. The Morgan fingerprint density at radius 2 is 1.47 bits per heavy atom. The number of nitrogens with one attached hydrogen (secondary N) is 2. The highest BCUT2D eigenvalue weighted by molar-refractivity contribution is 5.90. The number of anilines is 1. The van der Waals surface area contributed by atoms with E-state index in [1.54, 1.807) is 4.90 Å².